The maximum absolute atomic E-state index is 14.2. The zero-order chi connectivity index (χ0) is 25.8. The minimum absolute atomic E-state index is 0.0833. The monoisotopic (exact) mass is 526 g/mol. The summed E-state index contributed by atoms with van der Waals surface area (Å²) in [7, 11) is 0. The topological polar surface area (TPSA) is 59.1 Å². The lowest BCUT2D eigenvalue weighted by atomic mass is 10.00. The number of halogens is 2. The fourth-order valence-corrected chi connectivity index (χ4v) is 5.84. The molecule has 37 heavy (non-hydrogen) atoms. The van der Waals surface area contributed by atoms with Gasteiger partial charge in [0.05, 0.1) is 12.1 Å². The SMILES string of the molecule is O=C(c1cccc(F)c1)N(CC(=O)N1CCc2sccc2C1COc1ccccc1F)CC1CCCO1. The van der Waals surface area contributed by atoms with Crippen LogP contribution in [0.15, 0.2) is 60.0 Å². The number of benzene rings is 2. The largest absolute Gasteiger partial charge is 0.488 e. The Morgan fingerprint density at radius 2 is 2.00 bits per heavy atom. The fraction of sp³-hybridized carbons (Fsp3) is 0.357. The van der Waals surface area contributed by atoms with E-state index in [1.807, 2.05) is 11.4 Å². The molecule has 1 fully saturated rings. The first kappa shape index (κ1) is 25.4. The van der Waals surface area contributed by atoms with Gasteiger partial charge in [0, 0.05) is 30.1 Å². The maximum Gasteiger partial charge on any atom is 0.254 e. The molecule has 6 nitrogen and oxygen atoms in total. The molecule has 2 amide bonds. The summed E-state index contributed by atoms with van der Waals surface area (Å²) in [6, 6.07) is 13.2. The molecule has 0 saturated carbocycles. The second-order valence-corrected chi connectivity index (χ2v) is 10.2. The Bertz CT molecular complexity index is 1260. The molecule has 0 radical (unpaired) electrons. The molecule has 5 rings (SSSR count). The third kappa shape index (κ3) is 5.83. The van der Waals surface area contributed by atoms with Gasteiger partial charge in [0.1, 0.15) is 19.0 Å². The lowest BCUT2D eigenvalue weighted by molar-refractivity contribution is -0.135. The molecule has 2 aromatic carbocycles. The average molecular weight is 527 g/mol. The summed E-state index contributed by atoms with van der Waals surface area (Å²) >= 11 is 1.62. The zero-order valence-corrected chi connectivity index (χ0v) is 21.1. The second kappa shape index (κ2) is 11.4. The normalized spacial score (nSPS) is 18.9. The van der Waals surface area contributed by atoms with Gasteiger partial charge in [0.25, 0.3) is 5.91 Å². The Kier molecular flexibility index (Phi) is 7.81. The third-order valence-electron chi connectivity index (χ3n) is 6.78. The number of rotatable bonds is 8. The summed E-state index contributed by atoms with van der Waals surface area (Å²) in [5.74, 6) is -1.53. The maximum atomic E-state index is 14.2. The first-order chi connectivity index (χ1) is 18.0. The van der Waals surface area contributed by atoms with Crippen molar-refractivity contribution in [2.75, 3.05) is 32.8 Å². The van der Waals surface area contributed by atoms with Crippen LogP contribution in [0, 0.1) is 11.6 Å². The Morgan fingerprint density at radius 3 is 2.78 bits per heavy atom. The van der Waals surface area contributed by atoms with Crippen LogP contribution in [0.3, 0.4) is 0 Å². The molecule has 1 aromatic heterocycles. The van der Waals surface area contributed by atoms with Crippen molar-refractivity contribution in [2.45, 2.75) is 31.4 Å². The van der Waals surface area contributed by atoms with Crippen LogP contribution in [-0.4, -0.2) is 60.6 Å². The molecule has 2 aliphatic heterocycles. The number of thiophene rings is 1. The van der Waals surface area contributed by atoms with E-state index in [1.54, 1.807) is 40.5 Å². The van der Waals surface area contributed by atoms with E-state index in [0.29, 0.717) is 19.6 Å². The van der Waals surface area contributed by atoms with Crippen LogP contribution < -0.4 is 4.74 Å². The highest BCUT2D eigenvalue weighted by molar-refractivity contribution is 7.10. The van der Waals surface area contributed by atoms with E-state index in [0.717, 1.165) is 18.4 Å². The number of hydrogen-bond acceptors (Lipinski definition) is 5. The van der Waals surface area contributed by atoms with Crippen LogP contribution in [0.25, 0.3) is 0 Å². The van der Waals surface area contributed by atoms with E-state index < -0.39 is 23.6 Å². The van der Waals surface area contributed by atoms with Gasteiger partial charge in [-0.2, -0.15) is 0 Å². The molecule has 0 aliphatic carbocycles. The third-order valence-corrected chi connectivity index (χ3v) is 7.78. The van der Waals surface area contributed by atoms with Crippen LogP contribution >= 0.6 is 11.3 Å². The van der Waals surface area contributed by atoms with Crippen molar-refractivity contribution in [1.82, 2.24) is 9.80 Å². The van der Waals surface area contributed by atoms with E-state index in [1.165, 1.54) is 34.0 Å². The van der Waals surface area contributed by atoms with E-state index in [9.17, 15) is 18.4 Å². The summed E-state index contributed by atoms with van der Waals surface area (Å²) in [6.45, 7) is 1.22. The Labute approximate surface area is 218 Å². The minimum Gasteiger partial charge on any atom is -0.488 e. The molecule has 9 heteroatoms. The van der Waals surface area contributed by atoms with Crippen LogP contribution in [-0.2, 0) is 16.0 Å². The van der Waals surface area contributed by atoms with E-state index in [-0.39, 0.29) is 43.0 Å². The number of amides is 2. The van der Waals surface area contributed by atoms with Gasteiger partial charge >= 0.3 is 0 Å². The summed E-state index contributed by atoms with van der Waals surface area (Å²) in [5.41, 5.74) is 1.16. The predicted molar refractivity (Wildman–Crippen MR) is 136 cm³/mol. The minimum atomic E-state index is -0.513. The molecule has 2 unspecified atom stereocenters. The molecule has 3 aromatic rings. The highest BCUT2D eigenvalue weighted by Gasteiger charge is 2.34. The van der Waals surface area contributed by atoms with Crippen molar-refractivity contribution in [1.29, 1.82) is 0 Å². The smallest absolute Gasteiger partial charge is 0.254 e. The fourth-order valence-electron chi connectivity index (χ4n) is 4.92. The predicted octanol–water partition coefficient (Wildman–Crippen LogP) is 4.85. The highest BCUT2D eigenvalue weighted by Crippen LogP contribution is 2.34. The lowest BCUT2D eigenvalue weighted by Gasteiger charge is -2.37. The molecule has 1 saturated heterocycles. The van der Waals surface area contributed by atoms with Crippen molar-refractivity contribution < 1.29 is 27.8 Å². The quantitative estimate of drug-likeness (QED) is 0.421. The van der Waals surface area contributed by atoms with Gasteiger partial charge in [-0.1, -0.05) is 18.2 Å². The number of fused-ring (bicyclic) bond motifs is 1. The summed E-state index contributed by atoms with van der Waals surface area (Å²) in [5, 5.41) is 1.98. The van der Waals surface area contributed by atoms with Gasteiger partial charge in [-0.25, -0.2) is 8.78 Å². The van der Waals surface area contributed by atoms with Crippen molar-refractivity contribution >= 4 is 23.2 Å². The highest BCUT2D eigenvalue weighted by atomic mass is 32.1. The van der Waals surface area contributed by atoms with E-state index in [2.05, 4.69) is 0 Å². The number of carbonyl (C=O) groups is 2. The van der Waals surface area contributed by atoms with Crippen LogP contribution in [0.5, 0.6) is 5.75 Å². The van der Waals surface area contributed by atoms with Crippen molar-refractivity contribution in [2.24, 2.45) is 0 Å². The Morgan fingerprint density at radius 1 is 1.14 bits per heavy atom. The molecule has 0 N–H and O–H groups in total. The molecule has 0 spiro atoms. The van der Waals surface area contributed by atoms with Crippen LogP contribution in [0.2, 0.25) is 0 Å². The molecule has 194 valence electrons. The van der Waals surface area contributed by atoms with Crippen LogP contribution in [0.1, 0.15) is 39.7 Å². The van der Waals surface area contributed by atoms with E-state index >= 15 is 0 Å². The molecule has 0 bridgehead atoms. The number of para-hydroxylation sites is 1. The number of nitrogens with zero attached hydrogens (tertiary/aromatic N) is 2. The molecular weight excluding hydrogens is 498 g/mol. The molecule has 3 heterocycles. The van der Waals surface area contributed by atoms with Gasteiger partial charge in [0.15, 0.2) is 11.6 Å². The number of carbonyl (C=O) groups excluding carboxylic acids is 2. The second-order valence-electron chi connectivity index (χ2n) is 9.22. The molecule has 2 atom stereocenters. The lowest BCUT2D eigenvalue weighted by Crippen LogP contribution is -2.49. The summed E-state index contributed by atoms with van der Waals surface area (Å²) < 4.78 is 39.6. The standard InChI is InChI=1S/C28H28F2N2O4S/c29-20-6-3-5-19(15-20)28(34)31(16-21-7-4-13-35-21)17-27(33)32-12-10-26-22(11-14-37-26)24(32)18-36-25-9-2-1-8-23(25)30/h1-3,5-6,8-9,11,14-15,21,24H,4,7,10,12-13,16-18H2. The first-order valence-electron chi connectivity index (χ1n) is 12.4. The number of hydrogen-bond donors (Lipinski definition) is 0. The van der Waals surface area contributed by atoms with Gasteiger partial charge in [-0.3, -0.25) is 9.59 Å². The number of ether oxygens (including phenoxy) is 2. The van der Waals surface area contributed by atoms with Crippen molar-refractivity contribution in [3.05, 3.63) is 87.6 Å². The molecule has 2 aliphatic rings. The van der Waals surface area contributed by atoms with E-state index in [4.69, 9.17) is 9.47 Å². The van der Waals surface area contributed by atoms with Crippen molar-refractivity contribution in [3.63, 3.8) is 0 Å². The van der Waals surface area contributed by atoms with Gasteiger partial charge < -0.3 is 19.3 Å². The Hall–Kier alpha value is -3.30. The summed E-state index contributed by atoms with van der Waals surface area (Å²) in [4.78, 5) is 31.4. The molecular formula is C28H28F2N2O4S. The van der Waals surface area contributed by atoms with Gasteiger partial charge in [-0.05, 0) is 66.6 Å². The van der Waals surface area contributed by atoms with Crippen LogP contribution in [0.4, 0.5) is 8.78 Å². The van der Waals surface area contributed by atoms with Crippen molar-refractivity contribution in [3.8, 4) is 5.75 Å². The van der Waals surface area contributed by atoms with Gasteiger partial charge in [-0.15, -0.1) is 11.3 Å². The van der Waals surface area contributed by atoms with Gasteiger partial charge in [0.2, 0.25) is 5.91 Å². The Balaban J connectivity index is 1.36. The average Bonchev–Trinajstić information content (AvgIpc) is 3.59. The summed E-state index contributed by atoms with van der Waals surface area (Å²) in [6.07, 6.45) is 2.21. The zero-order valence-electron chi connectivity index (χ0n) is 20.3. The first-order valence-corrected chi connectivity index (χ1v) is 13.3.